The summed E-state index contributed by atoms with van der Waals surface area (Å²) >= 11 is 0. The molecular weight excluding hydrogens is 170 g/mol. The van der Waals surface area contributed by atoms with E-state index in [2.05, 4.69) is 19.2 Å². The van der Waals surface area contributed by atoms with Crippen LogP contribution in [0.2, 0.25) is 0 Å². The molecule has 0 bridgehead atoms. The Bertz CT molecular complexity index is 127. The molecule has 0 amide bonds. The van der Waals surface area contributed by atoms with Crippen LogP contribution in [0.25, 0.3) is 0 Å². The van der Waals surface area contributed by atoms with Crippen LogP contribution >= 0.6 is 0 Å². The van der Waals surface area contributed by atoms with Crippen molar-refractivity contribution in [2.45, 2.75) is 58.8 Å². The molecule has 1 heterocycles. The van der Waals surface area contributed by atoms with Gasteiger partial charge >= 0.3 is 0 Å². The molecule has 0 aromatic heterocycles. The Morgan fingerprint density at radius 1 is 1.14 bits per heavy atom. The Hall–Kier alpha value is -0.0400. The van der Waals surface area contributed by atoms with Gasteiger partial charge in [-0.25, -0.2) is 0 Å². The van der Waals surface area contributed by atoms with Crippen molar-refractivity contribution in [2.75, 3.05) is 13.1 Å². The number of rotatable bonds is 6. The molecule has 1 fully saturated rings. The van der Waals surface area contributed by atoms with Gasteiger partial charge in [0.25, 0.3) is 0 Å². The highest BCUT2D eigenvalue weighted by atomic mass is 14.9. The average molecular weight is 197 g/mol. The van der Waals surface area contributed by atoms with Crippen LogP contribution in [-0.4, -0.2) is 13.1 Å². The van der Waals surface area contributed by atoms with Crippen molar-refractivity contribution < 1.29 is 0 Å². The second kappa shape index (κ2) is 7.28. The summed E-state index contributed by atoms with van der Waals surface area (Å²) in [4.78, 5) is 0. The zero-order chi connectivity index (χ0) is 10.2. The number of unbranched alkanes of at least 4 members (excludes halogenated alkanes) is 3. The van der Waals surface area contributed by atoms with Crippen LogP contribution in [0.4, 0.5) is 0 Å². The Morgan fingerprint density at radius 3 is 2.50 bits per heavy atom. The molecule has 1 rings (SSSR count). The van der Waals surface area contributed by atoms with Gasteiger partial charge < -0.3 is 5.32 Å². The Balaban J connectivity index is 2.04. The first-order valence-corrected chi connectivity index (χ1v) is 6.55. The SMILES string of the molecule is CCCCCCC(C)C1CCNCC1. The van der Waals surface area contributed by atoms with Crippen LogP contribution in [0.3, 0.4) is 0 Å². The molecule has 84 valence electrons. The van der Waals surface area contributed by atoms with E-state index in [0.717, 1.165) is 11.8 Å². The highest BCUT2D eigenvalue weighted by Gasteiger charge is 2.18. The van der Waals surface area contributed by atoms with Crippen LogP contribution in [-0.2, 0) is 0 Å². The van der Waals surface area contributed by atoms with E-state index in [-0.39, 0.29) is 0 Å². The fraction of sp³-hybridized carbons (Fsp3) is 1.00. The molecule has 1 aliphatic heterocycles. The number of nitrogens with one attached hydrogen (secondary N) is 1. The molecule has 0 aliphatic carbocycles. The molecule has 0 aromatic rings. The molecule has 1 nitrogen and oxygen atoms in total. The zero-order valence-electron chi connectivity index (χ0n) is 10.0. The number of hydrogen-bond acceptors (Lipinski definition) is 1. The fourth-order valence-corrected chi connectivity index (χ4v) is 2.54. The Kier molecular flexibility index (Phi) is 6.25. The second-order valence-electron chi connectivity index (χ2n) is 4.91. The van der Waals surface area contributed by atoms with Crippen molar-refractivity contribution in [3.05, 3.63) is 0 Å². The standard InChI is InChI=1S/C13H27N/c1-3-4-5-6-7-12(2)13-8-10-14-11-9-13/h12-14H,3-11H2,1-2H3. The summed E-state index contributed by atoms with van der Waals surface area (Å²) in [5.74, 6) is 1.98. The minimum Gasteiger partial charge on any atom is -0.317 e. The van der Waals surface area contributed by atoms with E-state index in [1.165, 1.54) is 58.0 Å². The lowest BCUT2D eigenvalue weighted by molar-refractivity contribution is 0.258. The summed E-state index contributed by atoms with van der Waals surface area (Å²) < 4.78 is 0. The van der Waals surface area contributed by atoms with Crippen molar-refractivity contribution in [1.29, 1.82) is 0 Å². The van der Waals surface area contributed by atoms with Crippen LogP contribution in [0.15, 0.2) is 0 Å². The van der Waals surface area contributed by atoms with E-state index in [4.69, 9.17) is 0 Å². The molecule has 1 heteroatoms. The van der Waals surface area contributed by atoms with Crippen molar-refractivity contribution in [3.8, 4) is 0 Å². The minimum absolute atomic E-state index is 0.967. The summed E-state index contributed by atoms with van der Waals surface area (Å²) in [6.07, 6.45) is 9.99. The Morgan fingerprint density at radius 2 is 1.86 bits per heavy atom. The van der Waals surface area contributed by atoms with Crippen molar-refractivity contribution >= 4 is 0 Å². The van der Waals surface area contributed by atoms with Crippen LogP contribution in [0.5, 0.6) is 0 Å². The number of piperidine rings is 1. The maximum atomic E-state index is 3.45. The summed E-state index contributed by atoms with van der Waals surface area (Å²) in [5, 5.41) is 3.45. The Labute approximate surface area is 89.7 Å². The first-order chi connectivity index (χ1) is 6.84. The van der Waals surface area contributed by atoms with Gasteiger partial charge in [-0.05, 0) is 37.8 Å². The third kappa shape index (κ3) is 4.45. The molecule has 0 spiro atoms. The molecule has 0 radical (unpaired) electrons. The lowest BCUT2D eigenvalue weighted by atomic mass is 9.83. The van der Waals surface area contributed by atoms with E-state index >= 15 is 0 Å². The van der Waals surface area contributed by atoms with Gasteiger partial charge in [0.2, 0.25) is 0 Å². The molecular formula is C13H27N. The topological polar surface area (TPSA) is 12.0 Å². The average Bonchev–Trinajstić information content (AvgIpc) is 2.25. The monoisotopic (exact) mass is 197 g/mol. The second-order valence-corrected chi connectivity index (χ2v) is 4.91. The summed E-state index contributed by atoms with van der Waals surface area (Å²) in [5.41, 5.74) is 0. The molecule has 14 heavy (non-hydrogen) atoms. The predicted octanol–water partition coefficient (Wildman–Crippen LogP) is 3.59. The maximum Gasteiger partial charge on any atom is -0.00462 e. The molecule has 1 atom stereocenters. The van der Waals surface area contributed by atoms with Crippen LogP contribution in [0, 0.1) is 11.8 Å². The van der Waals surface area contributed by atoms with Gasteiger partial charge in [0.15, 0.2) is 0 Å². The van der Waals surface area contributed by atoms with Gasteiger partial charge in [-0.15, -0.1) is 0 Å². The lowest BCUT2D eigenvalue weighted by Crippen LogP contribution is -2.30. The largest absolute Gasteiger partial charge is 0.317 e. The van der Waals surface area contributed by atoms with Crippen molar-refractivity contribution in [2.24, 2.45) is 11.8 Å². The van der Waals surface area contributed by atoms with E-state index in [0.29, 0.717) is 0 Å². The highest BCUT2D eigenvalue weighted by molar-refractivity contribution is 4.73. The maximum absolute atomic E-state index is 3.45. The van der Waals surface area contributed by atoms with Gasteiger partial charge in [0.1, 0.15) is 0 Å². The molecule has 1 unspecified atom stereocenters. The van der Waals surface area contributed by atoms with Gasteiger partial charge in [0.05, 0.1) is 0 Å². The van der Waals surface area contributed by atoms with E-state index in [1.807, 2.05) is 0 Å². The molecule has 1 saturated heterocycles. The summed E-state index contributed by atoms with van der Waals surface area (Å²) in [7, 11) is 0. The smallest absolute Gasteiger partial charge is 0.00462 e. The van der Waals surface area contributed by atoms with Gasteiger partial charge in [0, 0.05) is 0 Å². The van der Waals surface area contributed by atoms with Gasteiger partial charge in [-0.2, -0.15) is 0 Å². The fourth-order valence-electron chi connectivity index (χ4n) is 2.54. The summed E-state index contributed by atoms with van der Waals surface area (Å²) in [6, 6.07) is 0. The third-order valence-electron chi connectivity index (χ3n) is 3.70. The van der Waals surface area contributed by atoms with Gasteiger partial charge in [-0.1, -0.05) is 46.0 Å². The van der Waals surface area contributed by atoms with E-state index in [9.17, 15) is 0 Å². The predicted molar refractivity (Wildman–Crippen MR) is 63.5 cm³/mol. The first-order valence-electron chi connectivity index (χ1n) is 6.55. The quantitative estimate of drug-likeness (QED) is 0.642. The highest BCUT2D eigenvalue weighted by Crippen LogP contribution is 2.25. The normalized spacial score (nSPS) is 21.0. The van der Waals surface area contributed by atoms with Crippen LogP contribution < -0.4 is 5.32 Å². The summed E-state index contributed by atoms with van der Waals surface area (Å²) in [6.45, 7) is 7.26. The van der Waals surface area contributed by atoms with E-state index in [1.54, 1.807) is 0 Å². The minimum atomic E-state index is 0.967. The van der Waals surface area contributed by atoms with Crippen molar-refractivity contribution in [3.63, 3.8) is 0 Å². The van der Waals surface area contributed by atoms with Crippen molar-refractivity contribution in [1.82, 2.24) is 5.32 Å². The molecule has 1 aliphatic rings. The van der Waals surface area contributed by atoms with Gasteiger partial charge in [-0.3, -0.25) is 0 Å². The lowest BCUT2D eigenvalue weighted by Gasteiger charge is -2.28. The van der Waals surface area contributed by atoms with Crippen LogP contribution in [0.1, 0.15) is 58.8 Å². The number of hydrogen-bond donors (Lipinski definition) is 1. The van der Waals surface area contributed by atoms with E-state index < -0.39 is 0 Å². The molecule has 0 aromatic carbocycles. The molecule has 0 saturated carbocycles. The first kappa shape index (κ1) is 12.0. The zero-order valence-corrected chi connectivity index (χ0v) is 10.0. The third-order valence-corrected chi connectivity index (χ3v) is 3.70. The molecule has 1 N–H and O–H groups in total.